The minimum Gasteiger partial charge on any atom is -0.291 e. The van der Waals surface area contributed by atoms with Gasteiger partial charge in [0.15, 0.2) is 0 Å². The van der Waals surface area contributed by atoms with Crippen LogP contribution < -0.4 is 0 Å². The van der Waals surface area contributed by atoms with Crippen molar-refractivity contribution in [3.05, 3.63) is 28.6 Å². The minimum absolute atomic E-state index is 0.615. The van der Waals surface area contributed by atoms with Gasteiger partial charge in [-0.3, -0.25) is 9.88 Å². The van der Waals surface area contributed by atoms with Crippen molar-refractivity contribution in [2.24, 2.45) is 0 Å². The number of fused-ring (bicyclic) bond motifs is 1. The standard InChI is InChI=1S/C12H18N2/c1-8(2)14-6-11-9(3)5-10(4)13-12(11)7-14/h5,8H,6-7H2,1-4H3. The van der Waals surface area contributed by atoms with Crippen molar-refractivity contribution in [2.75, 3.05) is 0 Å². The van der Waals surface area contributed by atoms with E-state index in [0.717, 1.165) is 18.8 Å². The molecule has 0 amide bonds. The van der Waals surface area contributed by atoms with Gasteiger partial charge in [-0.25, -0.2) is 0 Å². The molecule has 76 valence electrons. The van der Waals surface area contributed by atoms with Gasteiger partial charge in [0.2, 0.25) is 0 Å². The Hall–Kier alpha value is -0.890. The van der Waals surface area contributed by atoms with Gasteiger partial charge in [-0.2, -0.15) is 0 Å². The first-order valence-electron chi connectivity index (χ1n) is 5.28. The normalized spacial score (nSPS) is 16.4. The molecule has 0 saturated heterocycles. The van der Waals surface area contributed by atoms with Crippen LogP contribution in [-0.4, -0.2) is 15.9 Å². The predicted octanol–water partition coefficient (Wildman–Crippen LogP) is 2.42. The molecule has 0 N–H and O–H groups in total. The lowest BCUT2D eigenvalue weighted by Crippen LogP contribution is -2.24. The van der Waals surface area contributed by atoms with Gasteiger partial charge in [-0.05, 0) is 44.9 Å². The number of aromatic nitrogens is 1. The van der Waals surface area contributed by atoms with Crippen LogP contribution in [0.4, 0.5) is 0 Å². The van der Waals surface area contributed by atoms with Gasteiger partial charge in [-0.15, -0.1) is 0 Å². The Morgan fingerprint density at radius 2 is 2.00 bits per heavy atom. The molecule has 0 saturated carbocycles. The Labute approximate surface area is 86.0 Å². The van der Waals surface area contributed by atoms with Gasteiger partial charge in [0.25, 0.3) is 0 Å². The molecule has 0 fully saturated rings. The van der Waals surface area contributed by atoms with Gasteiger partial charge in [0.05, 0.1) is 5.69 Å². The summed E-state index contributed by atoms with van der Waals surface area (Å²) in [5.74, 6) is 0. The van der Waals surface area contributed by atoms with E-state index in [4.69, 9.17) is 0 Å². The first kappa shape index (κ1) is 9.66. The van der Waals surface area contributed by atoms with E-state index in [2.05, 4.69) is 43.6 Å². The molecular formula is C12H18N2. The van der Waals surface area contributed by atoms with Crippen molar-refractivity contribution in [1.82, 2.24) is 9.88 Å². The molecule has 1 aromatic heterocycles. The Balaban J connectivity index is 2.35. The van der Waals surface area contributed by atoms with Crippen LogP contribution in [-0.2, 0) is 13.1 Å². The second-order valence-corrected chi connectivity index (χ2v) is 4.50. The molecular weight excluding hydrogens is 172 g/mol. The molecule has 1 aliphatic heterocycles. The van der Waals surface area contributed by atoms with Crippen LogP contribution in [0.3, 0.4) is 0 Å². The van der Waals surface area contributed by atoms with Gasteiger partial charge in [0.1, 0.15) is 0 Å². The lowest BCUT2D eigenvalue weighted by molar-refractivity contribution is 0.226. The summed E-state index contributed by atoms with van der Waals surface area (Å²) in [7, 11) is 0. The largest absolute Gasteiger partial charge is 0.291 e. The van der Waals surface area contributed by atoms with E-state index >= 15 is 0 Å². The lowest BCUT2D eigenvalue weighted by Gasteiger charge is -2.18. The van der Waals surface area contributed by atoms with E-state index in [9.17, 15) is 0 Å². The summed E-state index contributed by atoms with van der Waals surface area (Å²) >= 11 is 0. The van der Waals surface area contributed by atoms with Crippen molar-refractivity contribution >= 4 is 0 Å². The van der Waals surface area contributed by atoms with E-state index in [-0.39, 0.29) is 0 Å². The summed E-state index contributed by atoms with van der Waals surface area (Å²) in [5, 5.41) is 0. The smallest absolute Gasteiger partial charge is 0.0594 e. The van der Waals surface area contributed by atoms with Gasteiger partial charge in [0, 0.05) is 24.8 Å². The summed E-state index contributed by atoms with van der Waals surface area (Å²) in [6, 6.07) is 2.80. The Morgan fingerprint density at radius 1 is 1.29 bits per heavy atom. The summed E-state index contributed by atoms with van der Waals surface area (Å²) < 4.78 is 0. The third-order valence-corrected chi connectivity index (χ3v) is 3.01. The molecule has 1 aromatic rings. The maximum atomic E-state index is 4.61. The molecule has 0 aromatic carbocycles. The van der Waals surface area contributed by atoms with Crippen LogP contribution in [0.2, 0.25) is 0 Å². The van der Waals surface area contributed by atoms with E-state index in [1.54, 1.807) is 0 Å². The van der Waals surface area contributed by atoms with Crippen molar-refractivity contribution in [1.29, 1.82) is 0 Å². The number of aryl methyl sites for hydroxylation is 2. The molecule has 0 atom stereocenters. The highest BCUT2D eigenvalue weighted by molar-refractivity contribution is 5.34. The molecule has 2 heteroatoms. The van der Waals surface area contributed by atoms with Gasteiger partial charge >= 0.3 is 0 Å². The van der Waals surface area contributed by atoms with Gasteiger partial charge < -0.3 is 0 Å². The van der Waals surface area contributed by atoms with E-state index in [1.807, 2.05) is 0 Å². The molecule has 0 unspecified atom stereocenters. The summed E-state index contributed by atoms with van der Waals surface area (Å²) in [6.45, 7) is 10.9. The number of hydrogen-bond acceptors (Lipinski definition) is 2. The van der Waals surface area contributed by atoms with Crippen LogP contribution >= 0.6 is 0 Å². The highest BCUT2D eigenvalue weighted by Gasteiger charge is 2.23. The molecule has 0 aliphatic carbocycles. The summed E-state index contributed by atoms with van der Waals surface area (Å²) in [6.07, 6.45) is 0. The van der Waals surface area contributed by atoms with E-state index in [1.165, 1.54) is 16.8 Å². The SMILES string of the molecule is Cc1cc(C)c2c(n1)CN(C(C)C)C2. The van der Waals surface area contributed by atoms with Gasteiger partial charge in [-0.1, -0.05) is 0 Å². The number of hydrogen-bond donors (Lipinski definition) is 0. The molecule has 0 spiro atoms. The van der Waals surface area contributed by atoms with Crippen LogP contribution in [0.15, 0.2) is 6.07 Å². The predicted molar refractivity (Wildman–Crippen MR) is 58.1 cm³/mol. The summed E-state index contributed by atoms with van der Waals surface area (Å²) in [5.41, 5.74) is 5.28. The Morgan fingerprint density at radius 3 is 2.64 bits per heavy atom. The average Bonchev–Trinajstić information content (AvgIpc) is 2.47. The van der Waals surface area contributed by atoms with Crippen LogP contribution in [0.1, 0.15) is 36.4 Å². The Kier molecular flexibility index (Phi) is 2.31. The molecule has 2 rings (SSSR count). The second-order valence-electron chi connectivity index (χ2n) is 4.50. The maximum absolute atomic E-state index is 4.61. The molecule has 14 heavy (non-hydrogen) atoms. The Bertz CT molecular complexity index is 356. The zero-order valence-corrected chi connectivity index (χ0v) is 9.46. The monoisotopic (exact) mass is 190 g/mol. The fourth-order valence-corrected chi connectivity index (χ4v) is 2.10. The van der Waals surface area contributed by atoms with Crippen molar-refractivity contribution < 1.29 is 0 Å². The highest BCUT2D eigenvalue weighted by atomic mass is 15.2. The molecule has 0 radical (unpaired) electrons. The lowest BCUT2D eigenvalue weighted by atomic mass is 10.1. The first-order valence-corrected chi connectivity index (χ1v) is 5.28. The van der Waals surface area contributed by atoms with Crippen molar-refractivity contribution in [3.8, 4) is 0 Å². The summed E-state index contributed by atoms with van der Waals surface area (Å²) in [4.78, 5) is 7.07. The highest BCUT2D eigenvalue weighted by Crippen LogP contribution is 2.25. The zero-order chi connectivity index (χ0) is 10.3. The molecule has 2 nitrogen and oxygen atoms in total. The number of rotatable bonds is 1. The fraction of sp³-hybridized carbons (Fsp3) is 0.583. The maximum Gasteiger partial charge on any atom is 0.0594 e. The first-order chi connectivity index (χ1) is 6.58. The van der Waals surface area contributed by atoms with E-state index < -0.39 is 0 Å². The topological polar surface area (TPSA) is 16.1 Å². The van der Waals surface area contributed by atoms with Crippen LogP contribution in [0.25, 0.3) is 0 Å². The van der Waals surface area contributed by atoms with Crippen molar-refractivity contribution in [2.45, 2.75) is 46.8 Å². The quantitative estimate of drug-likeness (QED) is 0.676. The van der Waals surface area contributed by atoms with Crippen LogP contribution in [0, 0.1) is 13.8 Å². The minimum atomic E-state index is 0.615. The second kappa shape index (κ2) is 3.35. The molecule has 0 bridgehead atoms. The van der Waals surface area contributed by atoms with Crippen molar-refractivity contribution in [3.63, 3.8) is 0 Å². The van der Waals surface area contributed by atoms with Crippen LogP contribution in [0.5, 0.6) is 0 Å². The third kappa shape index (κ3) is 1.55. The fourth-order valence-electron chi connectivity index (χ4n) is 2.10. The number of pyridine rings is 1. The van der Waals surface area contributed by atoms with E-state index in [0.29, 0.717) is 6.04 Å². The zero-order valence-electron chi connectivity index (χ0n) is 9.46. The molecule has 1 aliphatic rings. The third-order valence-electron chi connectivity index (χ3n) is 3.01. The molecule has 2 heterocycles. The average molecular weight is 190 g/mol. The number of nitrogens with zero attached hydrogens (tertiary/aromatic N) is 2.